The van der Waals surface area contributed by atoms with Gasteiger partial charge in [0.15, 0.2) is 0 Å². The Labute approximate surface area is 128 Å². The van der Waals surface area contributed by atoms with Gasteiger partial charge in [-0.1, -0.05) is 19.1 Å². The van der Waals surface area contributed by atoms with E-state index >= 15 is 0 Å². The van der Waals surface area contributed by atoms with Crippen molar-refractivity contribution in [1.82, 2.24) is 9.62 Å². The molecule has 6 heteroatoms. The zero-order valence-corrected chi connectivity index (χ0v) is 14.2. The monoisotopic (exact) mass is 314 g/mol. The Balaban J connectivity index is 2.96. The standard InChI is InChI=1S/C15H26N2O3S/c1-5-8-16-12-14-7-6-13(2)15(11-14)21(18,19)17(3)9-10-20-4/h6-7,11,16H,5,8-10,12H2,1-4H3. The quantitative estimate of drug-likeness (QED) is 0.706. The van der Waals surface area contributed by atoms with Crippen molar-refractivity contribution in [1.29, 1.82) is 0 Å². The summed E-state index contributed by atoms with van der Waals surface area (Å²) < 4.78 is 31.5. The molecule has 1 rings (SSSR count). The number of benzene rings is 1. The van der Waals surface area contributed by atoms with Crippen LogP contribution in [0.2, 0.25) is 0 Å². The van der Waals surface area contributed by atoms with Crippen LogP contribution in [0.5, 0.6) is 0 Å². The van der Waals surface area contributed by atoms with E-state index in [0.29, 0.717) is 24.6 Å². The van der Waals surface area contributed by atoms with Gasteiger partial charge in [0.2, 0.25) is 10.0 Å². The van der Waals surface area contributed by atoms with Crippen molar-refractivity contribution in [3.8, 4) is 0 Å². The van der Waals surface area contributed by atoms with Crippen molar-refractivity contribution in [2.45, 2.75) is 31.7 Å². The molecule has 120 valence electrons. The Morgan fingerprint density at radius 3 is 2.67 bits per heavy atom. The minimum atomic E-state index is -3.47. The molecule has 0 saturated carbocycles. The number of rotatable bonds is 9. The molecule has 1 N–H and O–H groups in total. The number of likely N-dealkylation sites (N-methyl/N-ethyl adjacent to an activating group) is 1. The van der Waals surface area contributed by atoms with Gasteiger partial charge in [-0.05, 0) is 37.1 Å². The Hall–Kier alpha value is -0.950. The SMILES string of the molecule is CCCNCc1ccc(C)c(S(=O)(=O)N(C)CCOC)c1. The van der Waals surface area contributed by atoms with Gasteiger partial charge in [0.25, 0.3) is 0 Å². The van der Waals surface area contributed by atoms with Gasteiger partial charge in [-0.2, -0.15) is 4.31 Å². The lowest BCUT2D eigenvalue weighted by Gasteiger charge is -2.19. The van der Waals surface area contributed by atoms with E-state index in [-0.39, 0.29) is 0 Å². The molecule has 0 spiro atoms. The van der Waals surface area contributed by atoms with E-state index in [2.05, 4.69) is 12.2 Å². The van der Waals surface area contributed by atoms with E-state index in [4.69, 9.17) is 4.74 Å². The zero-order valence-electron chi connectivity index (χ0n) is 13.3. The van der Waals surface area contributed by atoms with E-state index < -0.39 is 10.0 Å². The smallest absolute Gasteiger partial charge is 0.243 e. The fourth-order valence-electron chi connectivity index (χ4n) is 1.95. The molecule has 21 heavy (non-hydrogen) atoms. The third-order valence-corrected chi connectivity index (χ3v) is 5.31. The molecule has 0 heterocycles. The van der Waals surface area contributed by atoms with E-state index in [1.807, 2.05) is 19.1 Å². The minimum Gasteiger partial charge on any atom is -0.383 e. The maximum absolute atomic E-state index is 12.6. The molecular formula is C15H26N2O3S. The summed E-state index contributed by atoms with van der Waals surface area (Å²) in [6.45, 7) is 6.24. The Bertz CT molecular complexity index is 544. The predicted molar refractivity (Wildman–Crippen MR) is 84.9 cm³/mol. The van der Waals surface area contributed by atoms with Gasteiger partial charge in [-0.3, -0.25) is 0 Å². The molecule has 0 bridgehead atoms. The van der Waals surface area contributed by atoms with Gasteiger partial charge in [-0.25, -0.2) is 8.42 Å². The largest absolute Gasteiger partial charge is 0.383 e. The summed E-state index contributed by atoms with van der Waals surface area (Å²) in [5.74, 6) is 0. The molecular weight excluding hydrogens is 288 g/mol. The number of methoxy groups -OCH3 is 1. The summed E-state index contributed by atoms with van der Waals surface area (Å²) in [6.07, 6.45) is 1.05. The second-order valence-corrected chi connectivity index (χ2v) is 7.11. The molecule has 0 unspecified atom stereocenters. The summed E-state index contributed by atoms with van der Waals surface area (Å²) in [5, 5.41) is 3.28. The summed E-state index contributed by atoms with van der Waals surface area (Å²) in [5.41, 5.74) is 1.74. The molecule has 1 aromatic carbocycles. The lowest BCUT2D eigenvalue weighted by Crippen LogP contribution is -2.30. The second kappa shape index (κ2) is 8.48. The van der Waals surface area contributed by atoms with Crippen LogP contribution in [0.3, 0.4) is 0 Å². The van der Waals surface area contributed by atoms with Gasteiger partial charge >= 0.3 is 0 Å². The fraction of sp³-hybridized carbons (Fsp3) is 0.600. The third kappa shape index (κ3) is 5.07. The third-order valence-electron chi connectivity index (χ3n) is 3.31. The normalized spacial score (nSPS) is 12.0. The van der Waals surface area contributed by atoms with Crippen LogP contribution in [-0.4, -0.2) is 46.6 Å². The van der Waals surface area contributed by atoms with Crippen molar-refractivity contribution >= 4 is 10.0 Å². The van der Waals surface area contributed by atoms with Gasteiger partial charge in [0.1, 0.15) is 0 Å². The summed E-state index contributed by atoms with van der Waals surface area (Å²) in [7, 11) is -0.329. The van der Waals surface area contributed by atoms with Crippen LogP contribution in [0, 0.1) is 6.92 Å². The number of nitrogens with zero attached hydrogens (tertiary/aromatic N) is 1. The first-order valence-corrected chi connectivity index (χ1v) is 8.63. The molecule has 0 aliphatic heterocycles. The maximum Gasteiger partial charge on any atom is 0.243 e. The highest BCUT2D eigenvalue weighted by Gasteiger charge is 2.22. The summed E-state index contributed by atoms with van der Waals surface area (Å²) >= 11 is 0. The molecule has 0 amide bonds. The van der Waals surface area contributed by atoms with Crippen molar-refractivity contribution < 1.29 is 13.2 Å². The number of aryl methyl sites for hydroxylation is 1. The van der Waals surface area contributed by atoms with Crippen molar-refractivity contribution in [3.05, 3.63) is 29.3 Å². The van der Waals surface area contributed by atoms with E-state index in [1.165, 1.54) is 4.31 Å². The number of sulfonamides is 1. The van der Waals surface area contributed by atoms with Crippen LogP contribution >= 0.6 is 0 Å². The van der Waals surface area contributed by atoms with Crippen LogP contribution < -0.4 is 5.32 Å². The highest BCUT2D eigenvalue weighted by atomic mass is 32.2. The molecule has 0 aliphatic rings. The molecule has 0 saturated heterocycles. The molecule has 5 nitrogen and oxygen atoms in total. The predicted octanol–water partition coefficient (Wildman–Crippen LogP) is 1.76. The average molecular weight is 314 g/mol. The summed E-state index contributed by atoms with van der Waals surface area (Å²) in [4.78, 5) is 0.372. The number of hydrogen-bond acceptors (Lipinski definition) is 4. The lowest BCUT2D eigenvalue weighted by atomic mass is 10.1. The van der Waals surface area contributed by atoms with Gasteiger partial charge in [0, 0.05) is 27.2 Å². The van der Waals surface area contributed by atoms with Crippen LogP contribution in [-0.2, 0) is 21.3 Å². The molecule has 0 aliphatic carbocycles. The highest BCUT2D eigenvalue weighted by Crippen LogP contribution is 2.20. The van der Waals surface area contributed by atoms with E-state index in [1.54, 1.807) is 20.2 Å². The van der Waals surface area contributed by atoms with Crippen LogP contribution in [0.15, 0.2) is 23.1 Å². The van der Waals surface area contributed by atoms with Gasteiger partial charge < -0.3 is 10.1 Å². The topological polar surface area (TPSA) is 58.6 Å². The molecule has 0 atom stereocenters. The van der Waals surface area contributed by atoms with E-state index in [9.17, 15) is 8.42 Å². The van der Waals surface area contributed by atoms with Crippen LogP contribution in [0.4, 0.5) is 0 Å². The Kier molecular flexibility index (Phi) is 7.31. The highest BCUT2D eigenvalue weighted by molar-refractivity contribution is 7.89. The molecule has 0 radical (unpaired) electrons. The van der Waals surface area contributed by atoms with Gasteiger partial charge in [-0.15, -0.1) is 0 Å². The lowest BCUT2D eigenvalue weighted by molar-refractivity contribution is 0.185. The molecule has 0 aromatic heterocycles. The van der Waals surface area contributed by atoms with Crippen molar-refractivity contribution in [2.24, 2.45) is 0 Å². The molecule has 1 aromatic rings. The number of ether oxygens (including phenoxy) is 1. The van der Waals surface area contributed by atoms with Gasteiger partial charge in [0.05, 0.1) is 11.5 Å². The number of hydrogen-bond donors (Lipinski definition) is 1. The fourth-order valence-corrected chi connectivity index (χ4v) is 3.38. The average Bonchev–Trinajstić information content (AvgIpc) is 2.46. The minimum absolute atomic E-state index is 0.344. The number of nitrogens with one attached hydrogen (secondary N) is 1. The first kappa shape index (κ1) is 18.1. The van der Waals surface area contributed by atoms with E-state index in [0.717, 1.165) is 24.1 Å². The summed E-state index contributed by atoms with van der Waals surface area (Å²) in [6, 6.07) is 5.59. The zero-order chi connectivity index (χ0) is 15.9. The Morgan fingerprint density at radius 2 is 2.05 bits per heavy atom. The van der Waals surface area contributed by atoms with Crippen molar-refractivity contribution in [2.75, 3.05) is 33.9 Å². The second-order valence-electron chi connectivity index (χ2n) is 5.10. The first-order chi connectivity index (χ1) is 9.93. The first-order valence-electron chi connectivity index (χ1n) is 7.19. The van der Waals surface area contributed by atoms with Crippen LogP contribution in [0.1, 0.15) is 24.5 Å². The molecule has 0 fully saturated rings. The maximum atomic E-state index is 12.6. The van der Waals surface area contributed by atoms with Crippen molar-refractivity contribution in [3.63, 3.8) is 0 Å². The Morgan fingerprint density at radius 1 is 1.33 bits per heavy atom. The van der Waals surface area contributed by atoms with Crippen LogP contribution in [0.25, 0.3) is 0 Å².